The van der Waals surface area contributed by atoms with Crippen molar-refractivity contribution in [1.82, 2.24) is 9.29 Å². The number of hydrogen-bond acceptors (Lipinski definition) is 3. The molecule has 2 rings (SSSR count). The van der Waals surface area contributed by atoms with Gasteiger partial charge in [-0.2, -0.15) is 4.31 Å². The fourth-order valence-electron chi connectivity index (χ4n) is 2.38. The van der Waals surface area contributed by atoms with Crippen molar-refractivity contribution in [3.8, 4) is 0 Å². The molecule has 0 saturated carbocycles. The molecule has 0 spiro atoms. The maximum atomic E-state index is 13.7. The number of aromatic nitrogens is 1. The largest absolute Gasteiger partial charge is 0.263 e. The van der Waals surface area contributed by atoms with Gasteiger partial charge in [0.2, 0.25) is 5.03 Å². The predicted octanol–water partition coefficient (Wildman–Crippen LogP) is 2.55. The Balaban J connectivity index is 2.35. The zero-order chi connectivity index (χ0) is 13.9. The molecule has 1 atom stereocenters. The molecule has 1 aliphatic heterocycles. The van der Waals surface area contributed by atoms with Crippen molar-refractivity contribution in [3.63, 3.8) is 0 Å². The van der Waals surface area contributed by atoms with Gasteiger partial charge in [-0.1, -0.05) is 22.4 Å². The minimum Gasteiger partial charge on any atom is -0.241 e. The van der Waals surface area contributed by atoms with Crippen molar-refractivity contribution in [2.24, 2.45) is 0 Å². The smallest absolute Gasteiger partial charge is 0.241 e. The first-order valence-corrected chi connectivity index (χ1v) is 8.82. The van der Waals surface area contributed by atoms with E-state index in [4.69, 9.17) is 0 Å². The van der Waals surface area contributed by atoms with E-state index in [9.17, 15) is 12.8 Å². The molecule has 0 aromatic carbocycles. The van der Waals surface area contributed by atoms with E-state index in [0.29, 0.717) is 6.54 Å². The van der Waals surface area contributed by atoms with Crippen LogP contribution in [-0.4, -0.2) is 35.6 Å². The van der Waals surface area contributed by atoms with Crippen LogP contribution in [0.1, 0.15) is 25.7 Å². The van der Waals surface area contributed by atoms with Crippen LogP contribution < -0.4 is 0 Å². The summed E-state index contributed by atoms with van der Waals surface area (Å²) in [6, 6.07) is 2.45. The van der Waals surface area contributed by atoms with Gasteiger partial charge in [0.15, 0.2) is 5.82 Å². The molecule has 19 heavy (non-hydrogen) atoms. The Morgan fingerprint density at radius 2 is 2.26 bits per heavy atom. The van der Waals surface area contributed by atoms with Crippen LogP contribution in [0.15, 0.2) is 23.4 Å². The van der Waals surface area contributed by atoms with Gasteiger partial charge < -0.3 is 0 Å². The van der Waals surface area contributed by atoms with Crippen LogP contribution in [-0.2, 0) is 10.0 Å². The molecular formula is C12H16BrFN2O2S. The highest BCUT2D eigenvalue weighted by Gasteiger charge is 2.35. The van der Waals surface area contributed by atoms with Crippen LogP contribution in [0.25, 0.3) is 0 Å². The van der Waals surface area contributed by atoms with Gasteiger partial charge in [-0.05, 0) is 31.4 Å². The lowest BCUT2D eigenvalue weighted by atomic mass is 10.0. The van der Waals surface area contributed by atoms with Gasteiger partial charge in [-0.3, -0.25) is 0 Å². The Hall–Kier alpha value is -0.530. The molecule has 0 N–H and O–H groups in total. The maximum Gasteiger partial charge on any atom is 0.263 e. The van der Waals surface area contributed by atoms with Crippen LogP contribution in [0, 0.1) is 5.82 Å². The summed E-state index contributed by atoms with van der Waals surface area (Å²) in [4.78, 5) is 3.70. The summed E-state index contributed by atoms with van der Waals surface area (Å²) in [7, 11) is -3.84. The van der Waals surface area contributed by atoms with Gasteiger partial charge in [0.05, 0.1) is 0 Å². The number of rotatable bonds is 4. The molecule has 1 fully saturated rings. The van der Waals surface area contributed by atoms with E-state index in [2.05, 4.69) is 20.9 Å². The molecule has 1 unspecified atom stereocenters. The zero-order valence-electron chi connectivity index (χ0n) is 10.4. The highest BCUT2D eigenvalue weighted by molar-refractivity contribution is 9.09. The van der Waals surface area contributed by atoms with Crippen LogP contribution in [0.3, 0.4) is 0 Å². The number of piperidine rings is 1. The molecule has 0 radical (unpaired) electrons. The summed E-state index contributed by atoms with van der Waals surface area (Å²) >= 11 is 3.34. The quantitative estimate of drug-likeness (QED) is 0.784. The zero-order valence-corrected chi connectivity index (χ0v) is 12.8. The van der Waals surface area contributed by atoms with Gasteiger partial charge in [0.25, 0.3) is 10.0 Å². The second kappa shape index (κ2) is 6.28. The lowest BCUT2D eigenvalue weighted by molar-refractivity contribution is 0.246. The van der Waals surface area contributed by atoms with E-state index < -0.39 is 20.9 Å². The van der Waals surface area contributed by atoms with Crippen LogP contribution in [0.2, 0.25) is 0 Å². The molecule has 0 amide bonds. The van der Waals surface area contributed by atoms with E-state index in [1.54, 1.807) is 0 Å². The fraction of sp³-hybridized carbons (Fsp3) is 0.583. The topological polar surface area (TPSA) is 50.3 Å². The third kappa shape index (κ3) is 3.14. The number of hydrogen-bond donors (Lipinski definition) is 0. The van der Waals surface area contributed by atoms with Crippen LogP contribution in [0.4, 0.5) is 4.39 Å². The second-order valence-electron chi connectivity index (χ2n) is 4.53. The predicted molar refractivity (Wildman–Crippen MR) is 74.1 cm³/mol. The van der Waals surface area contributed by atoms with Gasteiger partial charge in [0.1, 0.15) is 0 Å². The number of alkyl halides is 1. The Morgan fingerprint density at radius 3 is 2.95 bits per heavy atom. The summed E-state index contributed by atoms with van der Waals surface area (Å²) in [6.07, 6.45) is 4.67. The summed E-state index contributed by atoms with van der Waals surface area (Å²) in [5.74, 6) is -0.786. The standard InChI is InChI=1S/C12H16BrFN2O2S/c13-7-6-10-4-1-2-9-16(10)19(17,18)12-11(14)5-3-8-15-12/h3,5,8,10H,1-2,4,6-7,9H2. The van der Waals surface area contributed by atoms with Gasteiger partial charge in [0, 0.05) is 24.1 Å². The number of sulfonamides is 1. The van der Waals surface area contributed by atoms with Crippen LogP contribution >= 0.6 is 15.9 Å². The fourth-order valence-corrected chi connectivity index (χ4v) is 4.61. The monoisotopic (exact) mass is 350 g/mol. The first-order valence-electron chi connectivity index (χ1n) is 6.25. The van der Waals surface area contributed by atoms with Crippen molar-refractivity contribution < 1.29 is 12.8 Å². The minimum atomic E-state index is -3.84. The molecule has 7 heteroatoms. The Labute approximate surface area is 121 Å². The summed E-state index contributed by atoms with van der Waals surface area (Å²) in [5, 5.41) is 0.269. The Bertz CT molecular complexity index is 536. The molecule has 1 aromatic heterocycles. The number of pyridine rings is 1. The van der Waals surface area contributed by atoms with Gasteiger partial charge >= 0.3 is 0 Å². The molecular weight excluding hydrogens is 335 g/mol. The summed E-state index contributed by atoms with van der Waals surface area (Å²) in [6.45, 7) is 0.440. The van der Waals surface area contributed by atoms with E-state index in [1.807, 2.05) is 0 Å². The number of halogens is 2. The first kappa shape index (κ1) is 14.9. The van der Waals surface area contributed by atoms with E-state index >= 15 is 0 Å². The van der Waals surface area contributed by atoms with Gasteiger partial charge in [-0.15, -0.1) is 0 Å². The minimum absolute atomic E-state index is 0.0699. The van der Waals surface area contributed by atoms with E-state index in [1.165, 1.54) is 16.6 Å². The lowest BCUT2D eigenvalue weighted by Crippen LogP contribution is -2.44. The Morgan fingerprint density at radius 1 is 1.47 bits per heavy atom. The van der Waals surface area contributed by atoms with Crippen molar-refractivity contribution in [3.05, 3.63) is 24.1 Å². The third-order valence-corrected chi connectivity index (χ3v) is 5.64. The average Bonchev–Trinajstić information content (AvgIpc) is 2.40. The van der Waals surface area contributed by atoms with Crippen molar-refractivity contribution in [2.45, 2.75) is 36.8 Å². The maximum absolute atomic E-state index is 13.7. The summed E-state index contributed by atoms with van der Waals surface area (Å²) < 4.78 is 40.1. The van der Waals surface area contributed by atoms with Crippen molar-refractivity contribution >= 4 is 26.0 Å². The summed E-state index contributed by atoms with van der Waals surface area (Å²) in [5.41, 5.74) is 0. The SMILES string of the molecule is O=S(=O)(c1ncccc1F)N1CCCCC1CCBr. The molecule has 106 valence electrons. The normalized spacial score (nSPS) is 21.5. The molecule has 1 aromatic rings. The molecule has 4 nitrogen and oxygen atoms in total. The highest BCUT2D eigenvalue weighted by Crippen LogP contribution is 2.27. The first-order chi connectivity index (χ1) is 9.07. The van der Waals surface area contributed by atoms with Gasteiger partial charge in [-0.25, -0.2) is 17.8 Å². The Kier molecular flexibility index (Phi) is 4.92. The molecule has 2 heterocycles. The molecule has 1 aliphatic rings. The van der Waals surface area contributed by atoms with E-state index in [0.717, 1.165) is 37.1 Å². The van der Waals surface area contributed by atoms with Crippen molar-refractivity contribution in [1.29, 1.82) is 0 Å². The molecule has 1 saturated heterocycles. The van der Waals surface area contributed by atoms with Crippen LogP contribution in [0.5, 0.6) is 0 Å². The highest BCUT2D eigenvalue weighted by atomic mass is 79.9. The van der Waals surface area contributed by atoms with E-state index in [-0.39, 0.29) is 6.04 Å². The lowest BCUT2D eigenvalue weighted by Gasteiger charge is -2.34. The number of nitrogens with zero attached hydrogens (tertiary/aromatic N) is 2. The van der Waals surface area contributed by atoms with Crippen molar-refractivity contribution in [2.75, 3.05) is 11.9 Å². The molecule has 0 bridgehead atoms. The molecule has 0 aliphatic carbocycles. The average molecular weight is 351 g/mol. The second-order valence-corrected chi connectivity index (χ2v) is 7.13. The third-order valence-electron chi connectivity index (χ3n) is 3.29.